The number of ether oxygens (including phenoxy) is 1. The van der Waals surface area contributed by atoms with Gasteiger partial charge in [0.25, 0.3) is 0 Å². The van der Waals surface area contributed by atoms with Gasteiger partial charge < -0.3 is 25.2 Å². The number of rotatable bonds is 5. The Morgan fingerprint density at radius 1 is 1.13 bits per heavy atom. The minimum absolute atomic E-state index is 0.493. The maximum Gasteiger partial charge on any atom is 0.232 e. The lowest BCUT2D eigenvalue weighted by atomic mass is 10.0. The van der Waals surface area contributed by atoms with Gasteiger partial charge in [0.2, 0.25) is 5.95 Å². The highest BCUT2D eigenvalue weighted by Gasteiger charge is 2.21. The molecule has 1 atom stereocenters. The minimum atomic E-state index is 0.493. The molecule has 0 amide bonds. The molecule has 1 aromatic heterocycles. The Hall–Kier alpha value is -2.16. The third kappa shape index (κ3) is 6.18. The molecule has 166 valence electrons. The molecular weight excluding hydrogens is 432 g/mol. The highest BCUT2D eigenvalue weighted by Crippen LogP contribution is 2.26. The Bertz CT molecular complexity index is 890. The zero-order chi connectivity index (χ0) is 21.6. The average molecular weight is 461 g/mol. The number of hydrogen-bond donors (Lipinski definition) is 2. The standard InChI is InChI=1S/C22H29ClN6OS/c1-16-3-2-8-29(15-16)20-13-19(28-9-11-30-12-10-28)25-21(26-20)27-22(31)24-14-17-4-6-18(23)7-5-17/h4-7,13,16H,2-3,8-12,14-15H2,1H3,(H2,24,25,26,27,31)/t16-/m1/s1. The van der Waals surface area contributed by atoms with Crippen LogP contribution in [0.3, 0.4) is 0 Å². The Morgan fingerprint density at radius 3 is 2.55 bits per heavy atom. The highest BCUT2D eigenvalue weighted by atomic mass is 35.5. The molecule has 2 aliphatic heterocycles. The number of thiocarbonyl (C=S) groups is 1. The van der Waals surface area contributed by atoms with Crippen molar-refractivity contribution in [1.82, 2.24) is 15.3 Å². The molecule has 2 aromatic rings. The van der Waals surface area contributed by atoms with Gasteiger partial charge in [0.05, 0.1) is 13.2 Å². The Kier molecular flexibility index (Phi) is 7.42. The molecule has 0 bridgehead atoms. The van der Waals surface area contributed by atoms with Crippen molar-refractivity contribution in [2.45, 2.75) is 26.3 Å². The molecule has 2 N–H and O–H groups in total. The summed E-state index contributed by atoms with van der Waals surface area (Å²) in [5, 5.41) is 7.62. The lowest BCUT2D eigenvalue weighted by Crippen LogP contribution is -2.38. The first-order valence-corrected chi connectivity index (χ1v) is 11.6. The van der Waals surface area contributed by atoms with Crippen LogP contribution in [0.25, 0.3) is 0 Å². The van der Waals surface area contributed by atoms with Crippen LogP contribution < -0.4 is 20.4 Å². The Balaban J connectivity index is 1.48. The van der Waals surface area contributed by atoms with Crippen LogP contribution in [-0.4, -0.2) is 54.5 Å². The van der Waals surface area contributed by atoms with E-state index in [-0.39, 0.29) is 0 Å². The average Bonchev–Trinajstić information content (AvgIpc) is 2.79. The van der Waals surface area contributed by atoms with Gasteiger partial charge in [-0.1, -0.05) is 30.7 Å². The molecule has 0 saturated carbocycles. The Morgan fingerprint density at radius 2 is 1.84 bits per heavy atom. The Labute approximate surface area is 194 Å². The molecule has 2 fully saturated rings. The molecule has 2 aliphatic rings. The summed E-state index contributed by atoms with van der Waals surface area (Å²) in [5.41, 5.74) is 1.10. The first-order valence-electron chi connectivity index (χ1n) is 10.8. The van der Waals surface area contributed by atoms with Gasteiger partial charge in [-0.3, -0.25) is 0 Å². The molecule has 0 spiro atoms. The van der Waals surface area contributed by atoms with Crippen LogP contribution in [0.2, 0.25) is 5.02 Å². The van der Waals surface area contributed by atoms with E-state index < -0.39 is 0 Å². The molecule has 31 heavy (non-hydrogen) atoms. The van der Waals surface area contributed by atoms with Crippen LogP contribution in [-0.2, 0) is 11.3 Å². The van der Waals surface area contributed by atoms with Crippen LogP contribution in [0.5, 0.6) is 0 Å². The highest BCUT2D eigenvalue weighted by molar-refractivity contribution is 7.80. The van der Waals surface area contributed by atoms with Crippen LogP contribution in [0, 0.1) is 5.92 Å². The molecule has 1 aromatic carbocycles. The zero-order valence-electron chi connectivity index (χ0n) is 17.8. The number of morpholine rings is 1. The van der Waals surface area contributed by atoms with Crippen LogP contribution >= 0.6 is 23.8 Å². The summed E-state index contributed by atoms with van der Waals surface area (Å²) in [6, 6.07) is 9.79. The fraction of sp³-hybridized carbons (Fsp3) is 0.500. The number of aromatic nitrogens is 2. The number of anilines is 3. The van der Waals surface area contributed by atoms with Crippen molar-refractivity contribution in [3.8, 4) is 0 Å². The monoisotopic (exact) mass is 460 g/mol. The molecule has 0 unspecified atom stereocenters. The van der Waals surface area contributed by atoms with E-state index in [1.165, 1.54) is 12.8 Å². The van der Waals surface area contributed by atoms with E-state index in [9.17, 15) is 0 Å². The van der Waals surface area contributed by atoms with E-state index in [4.69, 9.17) is 38.5 Å². The fourth-order valence-corrected chi connectivity index (χ4v) is 4.21. The summed E-state index contributed by atoms with van der Waals surface area (Å²) in [6.45, 7) is 8.00. The largest absolute Gasteiger partial charge is 0.378 e. The summed E-state index contributed by atoms with van der Waals surface area (Å²) in [7, 11) is 0. The summed E-state index contributed by atoms with van der Waals surface area (Å²) in [4.78, 5) is 14.2. The van der Waals surface area contributed by atoms with E-state index in [1.807, 2.05) is 24.3 Å². The predicted octanol–water partition coefficient (Wildman–Crippen LogP) is 3.69. The second kappa shape index (κ2) is 10.4. The minimum Gasteiger partial charge on any atom is -0.378 e. The van der Waals surface area contributed by atoms with E-state index in [1.54, 1.807) is 0 Å². The third-order valence-electron chi connectivity index (χ3n) is 5.61. The molecule has 3 heterocycles. The zero-order valence-corrected chi connectivity index (χ0v) is 19.4. The van der Waals surface area contributed by atoms with Crippen LogP contribution in [0.15, 0.2) is 30.3 Å². The molecule has 0 aliphatic carbocycles. The number of halogens is 1. The van der Waals surface area contributed by atoms with Crippen molar-refractivity contribution in [3.05, 3.63) is 40.9 Å². The third-order valence-corrected chi connectivity index (χ3v) is 6.11. The van der Waals surface area contributed by atoms with Gasteiger partial charge in [-0.25, -0.2) is 0 Å². The molecule has 2 saturated heterocycles. The van der Waals surface area contributed by atoms with Gasteiger partial charge in [-0.05, 0) is 48.7 Å². The molecule has 4 rings (SSSR count). The van der Waals surface area contributed by atoms with E-state index in [0.717, 1.165) is 48.4 Å². The maximum absolute atomic E-state index is 5.96. The van der Waals surface area contributed by atoms with Crippen molar-refractivity contribution in [3.63, 3.8) is 0 Å². The fourth-order valence-electron chi connectivity index (χ4n) is 3.92. The SMILES string of the molecule is C[C@@H]1CCCN(c2cc(N3CCOCC3)nc(NC(=S)NCc3ccc(Cl)cc3)n2)C1. The first kappa shape index (κ1) is 22.0. The number of piperidine rings is 1. The van der Waals surface area contributed by atoms with Gasteiger partial charge in [0.15, 0.2) is 5.11 Å². The van der Waals surface area contributed by atoms with Gasteiger partial charge in [-0.2, -0.15) is 9.97 Å². The van der Waals surface area contributed by atoms with Crippen molar-refractivity contribution in [1.29, 1.82) is 0 Å². The normalized spacial score (nSPS) is 19.2. The molecule has 7 nitrogen and oxygen atoms in total. The number of nitrogens with one attached hydrogen (secondary N) is 2. The van der Waals surface area contributed by atoms with Crippen molar-refractivity contribution < 1.29 is 4.74 Å². The lowest BCUT2D eigenvalue weighted by Gasteiger charge is -2.33. The summed E-state index contributed by atoms with van der Waals surface area (Å²) in [6.07, 6.45) is 2.45. The maximum atomic E-state index is 5.96. The number of hydrogen-bond acceptors (Lipinski definition) is 6. The molecular formula is C22H29ClN6OS. The molecule has 0 radical (unpaired) electrons. The van der Waals surface area contributed by atoms with Crippen LogP contribution in [0.1, 0.15) is 25.3 Å². The summed E-state index contributed by atoms with van der Waals surface area (Å²) in [5.74, 6) is 3.04. The lowest BCUT2D eigenvalue weighted by molar-refractivity contribution is 0.122. The van der Waals surface area contributed by atoms with E-state index >= 15 is 0 Å². The van der Waals surface area contributed by atoms with Gasteiger partial charge in [0, 0.05) is 43.8 Å². The second-order valence-electron chi connectivity index (χ2n) is 8.13. The second-order valence-corrected chi connectivity index (χ2v) is 8.98. The van der Waals surface area contributed by atoms with Crippen molar-refractivity contribution >= 4 is 46.5 Å². The van der Waals surface area contributed by atoms with E-state index in [0.29, 0.717) is 36.7 Å². The number of benzene rings is 1. The van der Waals surface area contributed by atoms with Gasteiger partial charge >= 0.3 is 0 Å². The predicted molar refractivity (Wildman–Crippen MR) is 130 cm³/mol. The topological polar surface area (TPSA) is 65.6 Å². The van der Waals surface area contributed by atoms with Crippen molar-refractivity contribution in [2.75, 3.05) is 54.5 Å². The quantitative estimate of drug-likeness (QED) is 0.655. The first-order chi connectivity index (χ1) is 15.1. The van der Waals surface area contributed by atoms with Gasteiger partial charge in [-0.15, -0.1) is 0 Å². The number of nitrogens with zero attached hydrogens (tertiary/aromatic N) is 4. The summed E-state index contributed by atoms with van der Waals surface area (Å²) >= 11 is 11.5. The summed E-state index contributed by atoms with van der Waals surface area (Å²) < 4.78 is 5.51. The smallest absolute Gasteiger partial charge is 0.232 e. The van der Waals surface area contributed by atoms with Gasteiger partial charge in [0.1, 0.15) is 11.6 Å². The van der Waals surface area contributed by atoms with E-state index in [2.05, 4.69) is 33.4 Å². The van der Waals surface area contributed by atoms with Crippen LogP contribution in [0.4, 0.5) is 17.6 Å². The molecule has 9 heteroatoms. The van der Waals surface area contributed by atoms with Crippen molar-refractivity contribution in [2.24, 2.45) is 5.92 Å².